The molecule has 1 heterocycles. The lowest BCUT2D eigenvalue weighted by molar-refractivity contribution is -0.147. The van der Waals surface area contributed by atoms with E-state index in [1.165, 1.54) is 11.0 Å². The number of ether oxygens (including phenoxy) is 1. The lowest BCUT2D eigenvalue weighted by Gasteiger charge is -2.12. The lowest BCUT2D eigenvalue weighted by atomic mass is 10.2. The van der Waals surface area contributed by atoms with Gasteiger partial charge in [0.25, 0.3) is 5.82 Å². The third kappa shape index (κ3) is 2.53. The molecular weight excluding hydrogens is 196 g/mol. The molecule has 0 aromatic carbocycles. The first-order valence-corrected chi connectivity index (χ1v) is 4.70. The molecule has 6 nitrogen and oxygen atoms in total. The predicted octanol–water partition coefficient (Wildman–Crippen LogP) is 0.664. The summed E-state index contributed by atoms with van der Waals surface area (Å²) in [7, 11) is 0. The van der Waals surface area contributed by atoms with Crippen molar-refractivity contribution in [1.82, 2.24) is 14.8 Å². The maximum absolute atomic E-state index is 11.5. The van der Waals surface area contributed by atoms with Crippen LogP contribution in [0.5, 0.6) is 0 Å². The Labute approximate surface area is 87.5 Å². The number of nitrogens with zero attached hydrogens (tertiary/aromatic N) is 4. The van der Waals surface area contributed by atoms with Gasteiger partial charge in [-0.15, -0.1) is 5.10 Å². The third-order valence-corrected chi connectivity index (χ3v) is 1.87. The minimum atomic E-state index is -0.500. The summed E-state index contributed by atoms with van der Waals surface area (Å²) in [5, 5.41) is 12.4. The van der Waals surface area contributed by atoms with E-state index in [9.17, 15) is 4.79 Å². The first-order chi connectivity index (χ1) is 7.22. The second kappa shape index (κ2) is 5.10. The molecule has 1 atom stereocenters. The Morgan fingerprint density at radius 2 is 2.47 bits per heavy atom. The van der Waals surface area contributed by atoms with Crippen molar-refractivity contribution in [3.63, 3.8) is 0 Å². The molecule has 0 saturated heterocycles. The number of aromatic nitrogens is 3. The van der Waals surface area contributed by atoms with Crippen molar-refractivity contribution in [3.05, 3.63) is 12.2 Å². The van der Waals surface area contributed by atoms with Gasteiger partial charge in [-0.3, -0.25) is 0 Å². The van der Waals surface area contributed by atoms with Gasteiger partial charge in [0.1, 0.15) is 12.4 Å². The van der Waals surface area contributed by atoms with Gasteiger partial charge in [-0.2, -0.15) is 5.26 Å². The summed E-state index contributed by atoms with van der Waals surface area (Å²) >= 11 is 0. The summed E-state index contributed by atoms with van der Waals surface area (Å²) in [5.41, 5.74) is 0. The number of hydrogen-bond donors (Lipinski definition) is 0. The van der Waals surface area contributed by atoms with Crippen LogP contribution >= 0.6 is 0 Å². The number of rotatable bonds is 4. The molecule has 0 aliphatic heterocycles. The van der Waals surface area contributed by atoms with Gasteiger partial charge in [0.15, 0.2) is 6.04 Å². The molecule has 0 saturated carbocycles. The van der Waals surface area contributed by atoms with Crippen LogP contribution in [0, 0.1) is 11.3 Å². The molecule has 1 aromatic rings. The topological polar surface area (TPSA) is 80.8 Å². The van der Waals surface area contributed by atoms with Gasteiger partial charge < -0.3 is 4.74 Å². The molecule has 1 aromatic heterocycles. The van der Waals surface area contributed by atoms with Crippen LogP contribution in [0.4, 0.5) is 0 Å². The number of carbonyl (C=O) groups excluding carboxylic acids is 1. The monoisotopic (exact) mass is 208 g/mol. The molecule has 0 N–H and O–H groups in total. The van der Waals surface area contributed by atoms with Crippen molar-refractivity contribution in [2.75, 3.05) is 6.61 Å². The van der Waals surface area contributed by atoms with Crippen molar-refractivity contribution >= 4 is 5.97 Å². The van der Waals surface area contributed by atoms with Gasteiger partial charge in [0.05, 0.1) is 6.61 Å². The quantitative estimate of drug-likeness (QED) is 0.679. The molecule has 1 rings (SSSR count). The molecule has 80 valence electrons. The first kappa shape index (κ1) is 11.2. The standard InChI is InChI=1S/C9H12N4O2/c1-3-7(9(14)15-4-2)13-6-11-8(5-10)12-13/h6-7H,3-4H2,1-2H3. The van der Waals surface area contributed by atoms with Crippen LogP contribution in [0.2, 0.25) is 0 Å². The van der Waals surface area contributed by atoms with Crippen LogP contribution in [-0.4, -0.2) is 27.3 Å². The van der Waals surface area contributed by atoms with Crippen LogP contribution in [0.25, 0.3) is 0 Å². The molecule has 0 radical (unpaired) electrons. The summed E-state index contributed by atoms with van der Waals surface area (Å²) in [6.07, 6.45) is 1.91. The SMILES string of the molecule is CCOC(=O)C(CC)n1cnc(C#N)n1. The van der Waals surface area contributed by atoms with Crippen LogP contribution < -0.4 is 0 Å². The van der Waals surface area contributed by atoms with Gasteiger partial charge in [0, 0.05) is 0 Å². The van der Waals surface area contributed by atoms with Gasteiger partial charge in [0.2, 0.25) is 0 Å². The summed E-state index contributed by atoms with van der Waals surface area (Å²) in [6, 6.07) is 1.30. The Balaban J connectivity index is 2.83. The molecule has 0 amide bonds. The van der Waals surface area contributed by atoms with Crippen LogP contribution in [0.3, 0.4) is 0 Å². The highest BCUT2D eigenvalue weighted by Crippen LogP contribution is 2.11. The average molecular weight is 208 g/mol. The summed E-state index contributed by atoms with van der Waals surface area (Å²) in [4.78, 5) is 15.2. The molecule has 0 aliphatic rings. The smallest absolute Gasteiger partial charge is 0.330 e. The van der Waals surface area contributed by atoms with Gasteiger partial charge in [-0.25, -0.2) is 14.5 Å². The highest BCUT2D eigenvalue weighted by molar-refractivity contribution is 5.73. The molecular formula is C9H12N4O2. The molecule has 0 fully saturated rings. The Bertz CT molecular complexity index is 380. The Kier molecular flexibility index (Phi) is 3.80. The fraction of sp³-hybridized carbons (Fsp3) is 0.556. The Morgan fingerprint density at radius 1 is 1.73 bits per heavy atom. The van der Waals surface area contributed by atoms with E-state index in [0.29, 0.717) is 13.0 Å². The zero-order chi connectivity index (χ0) is 11.3. The van der Waals surface area contributed by atoms with Crippen LogP contribution in [0.1, 0.15) is 32.1 Å². The largest absolute Gasteiger partial charge is 0.464 e. The van der Waals surface area contributed by atoms with E-state index < -0.39 is 6.04 Å². The van der Waals surface area contributed by atoms with Crippen LogP contribution in [0.15, 0.2) is 6.33 Å². The zero-order valence-electron chi connectivity index (χ0n) is 8.67. The maximum Gasteiger partial charge on any atom is 0.330 e. The number of hydrogen-bond acceptors (Lipinski definition) is 5. The van der Waals surface area contributed by atoms with Crippen molar-refractivity contribution in [1.29, 1.82) is 5.26 Å². The van der Waals surface area contributed by atoms with Gasteiger partial charge >= 0.3 is 5.97 Å². The highest BCUT2D eigenvalue weighted by atomic mass is 16.5. The summed E-state index contributed by atoms with van der Waals surface area (Å²) < 4.78 is 6.24. The summed E-state index contributed by atoms with van der Waals surface area (Å²) in [5.74, 6) is -0.299. The minimum Gasteiger partial charge on any atom is -0.464 e. The van der Waals surface area contributed by atoms with Crippen molar-refractivity contribution in [2.45, 2.75) is 26.3 Å². The van der Waals surface area contributed by atoms with E-state index in [1.807, 2.05) is 6.92 Å². The van der Waals surface area contributed by atoms with E-state index in [0.717, 1.165) is 0 Å². The second-order valence-electron chi connectivity index (χ2n) is 2.84. The van der Waals surface area contributed by atoms with Crippen LogP contribution in [-0.2, 0) is 9.53 Å². The summed E-state index contributed by atoms with van der Waals surface area (Å²) in [6.45, 7) is 3.91. The maximum atomic E-state index is 11.5. The molecule has 0 bridgehead atoms. The minimum absolute atomic E-state index is 0.0535. The lowest BCUT2D eigenvalue weighted by Crippen LogP contribution is -2.21. The predicted molar refractivity (Wildman–Crippen MR) is 50.7 cm³/mol. The van der Waals surface area contributed by atoms with Gasteiger partial charge in [-0.05, 0) is 13.3 Å². The third-order valence-electron chi connectivity index (χ3n) is 1.87. The van der Waals surface area contributed by atoms with E-state index in [-0.39, 0.29) is 11.8 Å². The molecule has 0 spiro atoms. The van der Waals surface area contributed by atoms with E-state index in [2.05, 4.69) is 10.1 Å². The van der Waals surface area contributed by atoms with E-state index in [1.54, 1.807) is 13.0 Å². The van der Waals surface area contributed by atoms with Gasteiger partial charge in [-0.1, -0.05) is 6.92 Å². The number of nitriles is 1. The highest BCUT2D eigenvalue weighted by Gasteiger charge is 2.20. The van der Waals surface area contributed by atoms with E-state index >= 15 is 0 Å². The fourth-order valence-corrected chi connectivity index (χ4v) is 1.18. The van der Waals surface area contributed by atoms with E-state index in [4.69, 9.17) is 10.00 Å². The Morgan fingerprint density at radius 3 is 2.93 bits per heavy atom. The molecule has 1 unspecified atom stereocenters. The first-order valence-electron chi connectivity index (χ1n) is 4.70. The fourth-order valence-electron chi connectivity index (χ4n) is 1.18. The Hall–Kier alpha value is -1.90. The zero-order valence-corrected chi connectivity index (χ0v) is 8.67. The van der Waals surface area contributed by atoms with Crippen molar-refractivity contribution in [2.24, 2.45) is 0 Å². The molecule has 15 heavy (non-hydrogen) atoms. The number of carbonyl (C=O) groups is 1. The second-order valence-corrected chi connectivity index (χ2v) is 2.84. The molecule has 6 heteroatoms. The van der Waals surface area contributed by atoms with Crippen molar-refractivity contribution in [3.8, 4) is 6.07 Å². The number of esters is 1. The normalized spacial score (nSPS) is 11.8. The van der Waals surface area contributed by atoms with Crippen molar-refractivity contribution < 1.29 is 9.53 Å². The molecule has 0 aliphatic carbocycles. The average Bonchev–Trinajstić information content (AvgIpc) is 2.68.